The van der Waals surface area contributed by atoms with E-state index in [1.165, 1.54) is 25.0 Å². The molecule has 4 rings (SSSR count). The molecule has 0 bridgehead atoms. The predicted octanol–water partition coefficient (Wildman–Crippen LogP) is 5.45. The summed E-state index contributed by atoms with van der Waals surface area (Å²) in [5.41, 5.74) is 4.52. The van der Waals surface area contributed by atoms with Crippen LogP contribution in [-0.2, 0) is 11.4 Å². The molecule has 0 aliphatic heterocycles. The number of hydrogen-bond acceptors (Lipinski definition) is 6. The molecule has 3 atom stereocenters. The van der Waals surface area contributed by atoms with Crippen molar-refractivity contribution >= 4 is 40.4 Å². The molecular formula is C25H28IN3O5. The van der Waals surface area contributed by atoms with Gasteiger partial charge in [-0.25, -0.2) is 5.43 Å². The highest BCUT2D eigenvalue weighted by Crippen LogP contribution is 2.66. The second-order valence-corrected chi connectivity index (χ2v) is 10.2. The Kier molecular flexibility index (Phi) is 7.39. The number of non-ortho nitro benzene ring substituents is 1. The zero-order valence-electron chi connectivity index (χ0n) is 19.3. The Morgan fingerprint density at radius 1 is 1.29 bits per heavy atom. The van der Waals surface area contributed by atoms with Crippen molar-refractivity contribution in [1.82, 2.24) is 5.43 Å². The van der Waals surface area contributed by atoms with Crippen molar-refractivity contribution in [3.05, 3.63) is 61.2 Å². The van der Waals surface area contributed by atoms with E-state index in [1.807, 2.05) is 19.1 Å². The molecule has 2 aliphatic carbocycles. The second kappa shape index (κ2) is 10.3. The first-order valence-corrected chi connectivity index (χ1v) is 12.6. The highest BCUT2D eigenvalue weighted by Gasteiger charge is 2.64. The van der Waals surface area contributed by atoms with Gasteiger partial charge in [0.1, 0.15) is 6.61 Å². The van der Waals surface area contributed by atoms with Crippen LogP contribution in [0.5, 0.6) is 11.5 Å². The van der Waals surface area contributed by atoms with Gasteiger partial charge in [0.25, 0.3) is 5.69 Å². The molecule has 0 radical (unpaired) electrons. The van der Waals surface area contributed by atoms with Crippen molar-refractivity contribution in [1.29, 1.82) is 0 Å². The molecule has 0 spiro atoms. The number of hydrogen-bond donors (Lipinski definition) is 1. The Balaban J connectivity index is 1.41. The predicted molar refractivity (Wildman–Crippen MR) is 137 cm³/mol. The summed E-state index contributed by atoms with van der Waals surface area (Å²) in [6.07, 6.45) is 6.30. The van der Waals surface area contributed by atoms with Gasteiger partial charge in [0.05, 0.1) is 21.3 Å². The summed E-state index contributed by atoms with van der Waals surface area (Å²) >= 11 is 2.17. The molecular weight excluding hydrogens is 549 g/mol. The van der Waals surface area contributed by atoms with Gasteiger partial charge in [-0.1, -0.05) is 19.8 Å². The Bertz CT molecular complexity index is 1100. The van der Waals surface area contributed by atoms with Gasteiger partial charge in [-0.3, -0.25) is 14.9 Å². The summed E-state index contributed by atoms with van der Waals surface area (Å²) < 4.78 is 12.6. The summed E-state index contributed by atoms with van der Waals surface area (Å²) in [4.78, 5) is 23.0. The highest BCUT2D eigenvalue weighted by atomic mass is 127. The number of rotatable bonds is 9. The highest BCUT2D eigenvalue weighted by molar-refractivity contribution is 14.1. The summed E-state index contributed by atoms with van der Waals surface area (Å²) in [6.45, 7) is 4.82. The van der Waals surface area contributed by atoms with Crippen molar-refractivity contribution in [3.63, 3.8) is 0 Å². The first-order valence-electron chi connectivity index (χ1n) is 11.5. The molecule has 1 N–H and O–H groups in total. The van der Waals surface area contributed by atoms with Crippen molar-refractivity contribution in [3.8, 4) is 11.5 Å². The second-order valence-electron chi connectivity index (χ2n) is 9.05. The molecule has 2 aromatic carbocycles. The van der Waals surface area contributed by atoms with Crippen molar-refractivity contribution in [2.45, 2.75) is 46.1 Å². The number of nitrogens with one attached hydrogen (secondary N) is 1. The fourth-order valence-electron chi connectivity index (χ4n) is 5.03. The standard InChI is InChI=1S/C25H28IN3O5/c1-3-33-21-13-17(14-27-28-24(30)22-19-6-4-5-11-25(19,22)2)12-20(26)23(21)34-15-16-7-9-18(10-8-16)29(31)32/h7-10,12-14,19,22H,3-6,11,15H2,1-2H3,(H,28,30)/b27-14-/t19-,22-,25+/m0/s1. The van der Waals surface area contributed by atoms with Crippen molar-refractivity contribution in [2.75, 3.05) is 6.61 Å². The maximum Gasteiger partial charge on any atom is 0.269 e. The summed E-state index contributed by atoms with van der Waals surface area (Å²) in [7, 11) is 0. The van der Waals surface area contributed by atoms with E-state index in [4.69, 9.17) is 9.47 Å². The number of fused-ring (bicyclic) bond motifs is 1. The molecule has 0 unspecified atom stereocenters. The Labute approximate surface area is 212 Å². The first-order chi connectivity index (χ1) is 16.3. The minimum Gasteiger partial charge on any atom is -0.490 e. The quantitative estimate of drug-likeness (QED) is 0.185. The first kappa shape index (κ1) is 24.4. The Morgan fingerprint density at radius 2 is 2.06 bits per heavy atom. The van der Waals surface area contributed by atoms with Gasteiger partial charge >= 0.3 is 0 Å². The molecule has 180 valence electrons. The van der Waals surface area contributed by atoms with Gasteiger partial charge < -0.3 is 9.47 Å². The van der Waals surface area contributed by atoms with Crippen LogP contribution in [0.2, 0.25) is 0 Å². The number of carbonyl (C=O) groups excluding carboxylic acids is 1. The fraction of sp³-hybridized carbons (Fsp3) is 0.440. The number of nitro benzene ring substituents is 1. The number of halogens is 1. The lowest BCUT2D eigenvalue weighted by Crippen LogP contribution is -2.22. The van der Waals surface area contributed by atoms with E-state index in [0.29, 0.717) is 24.0 Å². The lowest BCUT2D eigenvalue weighted by molar-refractivity contribution is -0.384. The van der Waals surface area contributed by atoms with Crippen molar-refractivity contribution in [2.24, 2.45) is 22.4 Å². The number of nitro groups is 1. The third kappa shape index (κ3) is 5.18. The summed E-state index contributed by atoms with van der Waals surface area (Å²) in [6, 6.07) is 9.99. The number of carbonyl (C=O) groups is 1. The number of amides is 1. The minimum atomic E-state index is -0.429. The van der Waals surface area contributed by atoms with Gasteiger partial charge in [-0.15, -0.1) is 0 Å². The maximum atomic E-state index is 12.6. The minimum absolute atomic E-state index is 0.00781. The number of hydrazone groups is 1. The maximum absolute atomic E-state index is 12.6. The molecule has 0 aromatic heterocycles. The Hall–Kier alpha value is -2.69. The van der Waals surface area contributed by atoms with Gasteiger partial charge in [0, 0.05) is 18.1 Å². The number of benzene rings is 2. The fourth-order valence-corrected chi connectivity index (χ4v) is 5.81. The third-order valence-corrected chi connectivity index (χ3v) is 7.67. The molecule has 2 aromatic rings. The van der Waals surface area contributed by atoms with Gasteiger partial charge in [0.15, 0.2) is 11.5 Å². The molecule has 2 saturated carbocycles. The van der Waals surface area contributed by atoms with E-state index >= 15 is 0 Å². The molecule has 34 heavy (non-hydrogen) atoms. The topological polar surface area (TPSA) is 103 Å². The van der Waals surface area contributed by atoms with E-state index in [9.17, 15) is 14.9 Å². The largest absolute Gasteiger partial charge is 0.490 e. The van der Waals surface area contributed by atoms with Crippen LogP contribution in [0.4, 0.5) is 5.69 Å². The van der Waals surface area contributed by atoms with Crippen LogP contribution in [0, 0.1) is 30.9 Å². The summed E-state index contributed by atoms with van der Waals surface area (Å²) in [5.74, 6) is 1.74. The lowest BCUT2D eigenvalue weighted by Gasteiger charge is -2.15. The normalized spacial score (nSPS) is 23.3. The number of nitrogens with zero attached hydrogens (tertiary/aromatic N) is 2. The van der Waals surface area contributed by atoms with E-state index in [0.717, 1.165) is 27.5 Å². The average Bonchev–Trinajstić information content (AvgIpc) is 3.44. The Morgan fingerprint density at radius 3 is 2.71 bits per heavy atom. The molecule has 0 saturated heterocycles. The van der Waals surface area contributed by atoms with Crippen LogP contribution in [0.15, 0.2) is 41.5 Å². The van der Waals surface area contributed by atoms with Gasteiger partial charge in [-0.2, -0.15) is 5.10 Å². The molecule has 9 heteroatoms. The van der Waals surface area contributed by atoms with E-state index in [1.54, 1.807) is 18.3 Å². The van der Waals surface area contributed by atoms with E-state index < -0.39 is 4.92 Å². The lowest BCUT2D eigenvalue weighted by atomic mass is 9.90. The molecule has 2 aliphatic rings. The van der Waals surface area contributed by atoms with Crippen LogP contribution in [0.3, 0.4) is 0 Å². The van der Waals surface area contributed by atoms with E-state index in [-0.39, 0.29) is 29.5 Å². The monoisotopic (exact) mass is 577 g/mol. The molecule has 8 nitrogen and oxygen atoms in total. The SMILES string of the molecule is CCOc1cc(/C=N\NC(=O)[C@@H]2[C@@H]3CCCC[C@@]23C)cc(I)c1OCc1ccc([N+](=O)[O-])cc1. The molecule has 2 fully saturated rings. The van der Waals surface area contributed by atoms with Gasteiger partial charge in [-0.05, 0) is 89.1 Å². The van der Waals surface area contributed by atoms with Crippen molar-refractivity contribution < 1.29 is 19.2 Å². The van der Waals surface area contributed by atoms with E-state index in [2.05, 4.69) is 40.0 Å². The van der Waals surface area contributed by atoms with Crippen LogP contribution < -0.4 is 14.9 Å². The average molecular weight is 577 g/mol. The zero-order valence-corrected chi connectivity index (χ0v) is 21.4. The summed E-state index contributed by atoms with van der Waals surface area (Å²) in [5, 5.41) is 15.0. The zero-order chi connectivity index (χ0) is 24.3. The smallest absolute Gasteiger partial charge is 0.269 e. The number of ether oxygens (including phenoxy) is 2. The van der Waals surface area contributed by atoms with Crippen LogP contribution in [-0.4, -0.2) is 23.7 Å². The van der Waals surface area contributed by atoms with Crippen LogP contribution >= 0.6 is 22.6 Å². The van der Waals surface area contributed by atoms with Gasteiger partial charge in [0.2, 0.25) is 5.91 Å². The third-order valence-electron chi connectivity index (χ3n) is 6.86. The van der Waals surface area contributed by atoms with Crippen LogP contribution in [0.1, 0.15) is 50.7 Å². The molecule has 0 heterocycles. The molecule has 1 amide bonds. The van der Waals surface area contributed by atoms with Crippen LogP contribution in [0.25, 0.3) is 0 Å².